The first kappa shape index (κ1) is 26.2. The fourth-order valence-corrected chi connectivity index (χ4v) is 2.25. The molecule has 0 aromatic rings. The summed E-state index contributed by atoms with van der Waals surface area (Å²) in [6.07, 6.45) is 3.29. The van der Waals surface area contributed by atoms with Crippen molar-refractivity contribution >= 4 is 36.0 Å². The number of aliphatic imine (C=N–C) groups is 1. The van der Waals surface area contributed by atoms with Gasteiger partial charge in [0.15, 0.2) is 5.96 Å². The average molecular weight is 498 g/mol. The smallest absolute Gasteiger partial charge is 0.410 e. The molecule has 0 aliphatic heterocycles. The van der Waals surface area contributed by atoms with Gasteiger partial charge < -0.3 is 25.0 Å². The molecule has 1 saturated carbocycles. The van der Waals surface area contributed by atoms with Gasteiger partial charge in [0, 0.05) is 45.9 Å². The lowest BCUT2D eigenvalue weighted by Crippen LogP contribution is -2.44. The van der Waals surface area contributed by atoms with E-state index in [9.17, 15) is 4.79 Å². The van der Waals surface area contributed by atoms with Crippen LogP contribution in [-0.2, 0) is 9.47 Å². The maximum absolute atomic E-state index is 12.1. The number of ether oxygens (including phenoxy) is 2. The molecular formula is C19H39IN4O3. The van der Waals surface area contributed by atoms with Gasteiger partial charge in [-0.1, -0.05) is 0 Å². The predicted octanol–water partition coefficient (Wildman–Crippen LogP) is 3.23. The molecule has 0 unspecified atom stereocenters. The Morgan fingerprint density at radius 1 is 1.22 bits per heavy atom. The van der Waals surface area contributed by atoms with Crippen molar-refractivity contribution in [2.75, 3.05) is 45.9 Å². The van der Waals surface area contributed by atoms with Crippen molar-refractivity contribution in [3.63, 3.8) is 0 Å². The first-order valence-electron chi connectivity index (χ1n) is 9.93. The van der Waals surface area contributed by atoms with E-state index in [1.165, 1.54) is 12.8 Å². The molecule has 1 aliphatic carbocycles. The first-order chi connectivity index (χ1) is 12.4. The fourth-order valence-electron chi connectivity index (χ4n) is 2.25. The number of hydrogen-bond acceptors (Lipinski definition) is 4. The summed E-state index contributed by atoms with van der Waals surface area (Å²) < 4.78 is 11.0. The van der Waals surface area contributed by atoms with Crippen LogP contribution >= 0.6 is 24.0 Å². The van der Waals surface area contributed by atoms with Crippen LogP contribution < -0.4 is 10.6 Å². The number of hydrogen-bond donors (Lipinski definition) is 2. The van der Waals surface area contributed by atoms with Gasteiger partial charge in [-0.05, 0) is 59.8 Å². The van der Waals surface area contributed by atoms with Gasteiger partial charge in [-0.15, -0.1) is 24.0 Å². The largest absolute Gasteiger partial charge is 0.444 e. The topological polar surface area (TPSA) is 75.2 Å². The van der Waals surface area contributed by atoms with E-state index in [1.54, 1.807) is 4.90 Å². The third-order valence-electron chi connectivity index (χ3n) is 3.82. The Kier molecular flexibility index (Phi) is 13.9. The number of amides is 1. The van der Waals surface area contributed by atoms with Crippen LogP contribution in [0, 0.1) is 5.92 Å². The van der Waals surface area contributed by atoms with E-state index in [0.29, 0.717) is 19.6 Å². The summed E-state index contributed by atoms with van der Waals surface area (Å²) in [5.74, 6) is 1.58. The van der Waals surface area contributed by atoms with Gasteiger partial charge in [0.25, 0.3) is 0 Å². The fraction of sp³-hybridized carbons (Fsp3) is 0.895. The van der Waals surface area contributed by atoms with Crippen molar-refractivity contribution in [1.82, 2.24) is 15.5 Å². The van der Waals surface area contributed by atoms with Crippen LogP contribution in [0.5, 0.6) is 0 Å². The standard InChI is InChI=1S/C19H38N4O3.HI/c1-6-20-17(21-11-8-14-25-15-16-9-10-16)22-12-13-23(7-2)18(24)26-19(3,4)5;/h16H,6-15H2,1-5H3,(H2,20,21,22);1H. The van der Waals surface area contributed by atoms with Crippen molar-refractivity contribution in [1.29, 1.82) is 0 Å². The zero-order chi connectivity index (χ0) is 19.4. The highest BCUT2D eigenvalue weighted by atomic mass is 127. The van der Waals surface area contributed by atoms with E-state index in [1.807, 2.05) is 34.6 Å². The molecule has 1 amide bonds. The van der Waals surface area contributed by atoms with Crippen LogP contribution in [0.25, 0.3) is 0 Å². The average Bonchev–Trinajstić information content (AvgIpc) is 3.37. The minimum absolute atomic E-state index is 0. The minimum Gasteiger partial charge on any atom is -0.444 e. The van der Waals surface area contributed by atoms with E-state index >= 15 is 0 Å². The Morgan fingerprint density at radius 2 is 1.93 bits per heavy atom. The molecular weight excluding hydrogens is 459 g/mol. The zero-order valence-corrected chi connectivity index (χ0v) is 20.0. The molecule has 160 valence electrons. The highest BCUT2D eigenvalue weighted by Crippen LogP contribution is 2.28. The number of nitrogens with one attached hydrogen (secondary N) is 2. The summed E-state index contributed by atoms with van der Waals surface area (Å²) in [7, 11) is 0. The summed E-state index contributed by atoms with van der Waals surface area (Å²) in [6, 6.07) is 0. The summed E-state index contributed by atoms with van der Waals surface area (Å²) in [5.41, 5.74) is -0.476. The van der Waals surface area contributed by atoms with Crippen molar-refractivity contribution < 1.29 is 14.3 Å². The number of likely N-dealkylation sites (N-methyl/N-ethyl adjacent to an activating group) is 1. The molecule has 27 heavy (non-hydrogen) atoms. The van der Waals surface area contributed by atoms with Gasteiger partial charge in [-0.3, -0.25) is 4.99 Å². The van der Waals surface area contributed by atoms with E-state index < -0.39 is 5.60 Å². The Bertz CT molecular complexity index is 437. The molecule has 0 heterocycles. The summed E-state index contributed by atoms with van der Waals surface area (Å²) in [5, 5.41) is 6.50. The van der Waals surface area contributed by atoms with Crippen molar-refractivity contribution in [2.45, 2.75) is 59.5 Å². The molecule has 0 atom stereocenters. The monoisotopic (exact) mass is 498 g/mol. The van der Waals surface area contributed by atoms with Gasteiger partial charge in [0.2, 0.25) is 0 Å². The molecule has 0 aromatic heterocycles. The number of guanidine groups is 1. The Balaban J connectivity index is 0.00000676. The molecule has 0 radical (unpaired) electrons. The molecule has 0 spiro atoms. The molecule has 7 nitrogen and oxygen atoms in total. The lowest BCUT2D eigenvalue weighted by atomic mass is 10.2. The maximum atomic E-state index is 12.1. The Labute approximate surface area is 182 Å². The van der Waals surface area contributed by atoms with Gasteiger partial charge in [-0.25, -0.2) is 4.79 Å². The minimum atomic E-state index is -0.476. The van der Waals surface area contributed by atoms with Crippen molar-refractivity contribution in [2.24, 2.45) is 10.9 Å². The normalized spacial score (nSPS) is 14.3. The number of halogens is 1. The third kappa shape index (κ3) is 14.0. The molecule has 0 bridgehead atoms. The van der Waals surface area contributed by atoms with Crippen molar-refractivity contribution in [3.8, 4) is 0 Å². The predicted molar refractivity (Wildman–Crippen MR) is 121 cm³/mol. The van der Waals surface area contributed by atoms with Crippen LogP contribution in [0.2, 0.25) is 0 Å². The third-order valence-corrected chi connectivity index (χ3v) is 3.82. The van der Waals surface area contributed by atoms with Crippen LogP contribution in [0.1, 0.15) is 53.9 Å². The van der Waals surface area contributed by atoms with Gasteiger partial charge in [-0.2, -0.15) is 0 Å². The second kappa shape index (κ2) is 14.3. The molecule has 2 N–H and O–H groups in total. The molecule has 1 rings (SSSR count). The summed E-state index contributed by atoms with van der Waals surface area (Å²) >= 11 is 0. The number of nitrogens with zero attached hydrogens (tertiary/aromatic N) is 2. The second-order valence-electron chi connectivity index (χ2n) is 7.62. The molecule has 0 aromatic carbocycles. The number of carbonyl (C=O) groups is 1. The van der Waals surface area contributed by atoms with E-state index in [4.69, 9.17) is 9.47 Å². The highest BCUT2D eigenvalue weighted by Gasteiger charge is 2.21. The molecule has 1 aliphatic rings. The quantitative estimate of drug-likeness (QED) is 0.198. The lowest BCUT2D eigenvalue weighted by Gasteiger charge is -2.26. The van der Waals surface area contributed by atoms with E-state index in [-0.39, 0.29) is 30.1 Å². The molecule has 0 saturated heterocycles. The number of carbonyl (C=O) groups excluding carboxylic acids is 1. The van der Waals surface area contributed by atoms with E-state index in [0.717, 1.165) is 44.6 Å². The van der Waals surface area contributed by atoms with Crippen molar-refractivity contribution in [3.05, 3.63) is 0 Å². The Hall–Kier alpha value is -0.770. The molecule has 1 fully saturated rings. The highest BCUT2D eigenvalue weighted by molar-refractivity contribution is 14.0. The first-order valence-corrected chi connectivity index (χ1v) is 9.93. The summed E-state index contributed by atoms with van der Waals surface area (Å²) in [6.45, 7) is 14.6. The van der Waals surface area contributed by atoms with Gasteiger partial charge in [0.1, 0.15) is 5.60 Å². The second-order valence-corrected chi connectivity index (χ2v) is 7.62. The number of rotatable bonds is 11. The summed E-state index contributed by atoms with van der Waals surface area (Å²) in [4.78, 5) is 18.4. The maximum Gasteiger partial charge on any atom is 0.410 e. The van der Waals surface area contributed by atoms with Gasteiger partial charge >= 0.3 is 6.09 Å². The van der Waals surface area contributed by atoms with E-state index in [2.05, 4.69) is 15.6 Å². The van der Waals surface area contributed by atoms with Gasteiger partial charge in [0.05, 0.1) is 0 Å². The zero-order valence-electron chi connectivity index (χ0n) is 17.7. The molecule has 8 heteroatoms. The lowest BCUT2D eigenvalue weighted by molar-refractivity contribution is 0.0264. The van der Waals surface area contributed by atoms with Crippen LogP contribution in [0.15, 0.2) is 4.99 Å². The van der Waals surface area contributed by atoms with Crippen LogP contribution in [0.4, 0.5) is 4.79 Å². The van der Waals surface area contributed by atoms with Crippen LogP contribution in [-0.4, -0.2) is 68.5 Å². The van der Waals surface area contributed by atoms with Crippen LogP contribution in [0.3, 0.4) is 0 Å². The SMILES string of the molecule is CCNC(=NCCCOCC1CC1)NCCN(CC)C(=O)OC(C)(C)C.I. The Morgan fingerprint density at radius 3 is 2.48 bits per heavy atom.